The first-order chi connectivity index (χ1) is 17.0. The van der Waals surface area contributed by atoms with Crippen molar-refractivity contribution in [2.45, 2.75) is 122 Å². The van der Waals surface area contributed by atoms with E-state index in [9.17, 15) is 15.3 Å². The van der Waals surface area contributed by atoms with Crippen molar-refractivity contribution in [3.8, 4) is 0 Å². The molecule has 0 aromatic carbocycles. The Hall–Kier alpha value is -0.436. The highest BCUT2D eigenvalue weighted by molar-refractivity contribution is 6.61. The third-order valence-electron chi connectivity index (χ3n) is 10.5. The van der Waals surface area contributed by atoms with Gasteiger partial charge in [0.1, 0.15) is 11.7 Å². The first kappa shape index (κ1) is 28.1. The molecule has 5 aliphatic rings. The number of rotatable bonds is 2. The van der Waals surface area contributed by atoms with E-state index < -0.39 is 76.9 Å². The Morgan fingerprint density at radius 2 is 1.59 bits per heavy atom. The molecule has 37 heavy (non-hydrogen) atoms. The summed E-state index contributed by atoms with van der Waals surface area (Å²) in [6, 6.07) is 0. The lowest BCUT2D eigenvalue weighted by molar-refractivity contribution is -0.334. The number of ether oxygens (including phenoxy) is 1. The molecule has 3 aliphatic carbocycles. The first-order valence-electron chi connectivity index (χ1n) is 13.8. The Balaban J connectivity index is 1.82. The van der Waals surface area contributed by atoms with E-state index in [4.69, 9.17) is 17.7 Å². The van der Waals surface area contributed by atoms with Crippen molar-refractivity contribution in [2.24, 2.45) is 22.7 Å². The molecule has 2 aliphatic heterocycles. The zero-order valence-corrected chi connectivity index (χ0v) is 25.6. The van der Waals surface area contributed by atoms with Crippen LogP contribution in [-0.2, 0) is 22.5 Å². The van der Waals surface area contributed by atoms with E-state index in [1.165, 1.54) is 0 Å². The summed E-state index contributed by atoms with van der Waals surface area (Å²) in [5, 5.41) is 35.9. The third-order valence-corrected chi connectivity index (χ3v) is 14.9. The number of aliphatic hydroxyl groups excluding tert-OH is 1. The molecule has 10 heteroatoms. The van der Waals surface area contributed by atoms with Crippen molar-refractivity contribution in [3.63, 3.8) is 0 Å². The standard InChI is InChI=1S/C27H44O8Si2/c1-13(2)36-33-18-10-19-26(30,12-32-19)22-16(6)27(31)11-17(28)15(5)20(24(27,7)8)21(23(29)25(18,22)9)34-37(35-36)14(3)4/h13-14,16-19,21-22,28,30-31H,10-12H2,1-9H3/t16?,17?,18?,19?,21?,22?,25-,26?,27?/m1/s1. The molecular weight excluding hydrogens is 508 g/mol. The number of ketones is 1. The highest BCUT2D eigenvalue weighted by Gasteiger charge is 2.75. The predicted molar refractivity (Wildman–Crippen MR) is 140 cm³/mol. The van der Waals surface area contributed by atoms with Gasteiger partial charge in [-0.2, -0.15) is 0 Å². The highest BCUT2D eigenvalue weighted by Crippen LogP contribution is 2.65. The maximum atomic E-state index is 15.0. The van der Waals surface area contributed by atoms with Crippen molar-refractivity contribution < 1.29 is 37.8 Å². The van der Waals surface area contributed by atoms with E-state index >= 15 is 4.79 Å². The summed E-state index contributed by atoms with van der Waals surface area (Å²) in [4.78, 5) is 15.0. The number of carbonyl (C=O) groups excluding carboxylic acids is 1. The number of hydrogen-bond acceptors (Lipinski definition) is 8. The third kappa shape index (κ3) is 3.60. The molecule has 208 valence electrons. The van der Waals surface area contributed by atoms with Gasteiger partial charge in [0.2, 0.25) is 0 Å². The lowest BCUT2D eigenvalue weighted by Gasteiger charge is -2.68. The van der Waals surface area contributed by atoms with Gasteiger partial charge in [-0.3, -0.25) is 4.79 Å². The van der Waals surface area contributed by atoms with Crippen LogP contribution in [0.1, 0.15) is 75.2 Å². The fraction of sp³-hybridized carbons (Fsp3) is 0.889. The topological polar surface area (TPSA) is 115 Å². The van der Waals surface area contributed by atoms with Crippen LogP contribution in [0.2, 0.25) is 11.1 Å². The Morgan fingerprint density at radius 3 is 2.14 bits per heavy atom. The lowest BCUT2D eigenvalue weighted by Crippen LogP contribution is -2.79. The van der Waals surface area contributed by atoms with Gasteiger partial charge in [-0.25, -0.2) is 0 Å². The zero-order valence-electron chi connectivity index (χ0n) is 23.6. The first-order valence-corrected chi connectivity index (χ1v) is 16.5. The summed E-state index contributed by atoms with van der Waals surface area (Å²) < 4.78 is 26.1. The van der Waals surface area contributed by atoms with Crippen molar-refractivity contribution in [3.05, 3.63) is 11.1 Å². The summed E-state index contributed by atoms with van der Waals surface area (Å²) in [6.07, 6.45) is -2.47. The molecule has 5 rings (SSSR count). The summed E-state index contributed by atoms with van der Waals surface area (Å²) in [5.74, 6) is -1.34. The second kappa shape index (κ2) is 8.78. The van der Waals surface area contributed by atoms with E-state index in [1.54, 1.807) is 0 Å². The minimum Gasteiger partial charge on any atom is -0.412 e. The second-order valence-electron chi connectivity index (χ2n) is 13.5. The molecule has 0 aromatic rings. The van der Waals surface area contributed by atoms with Crippen LogP contribution in [0.4, 0.5) is 0 Å². The summed E-state index contributed by atoms with van der Waals surface area (Å²) >= 11 is 0. The fourth-order valence-corrected chi connectivity index (χ4v) is 12.8. The van der Waals surface area contributed by atoms with Crippen LogP contribution < -0.4 is 0 Å². The normalized spacial score (nSPS) is 48.5. The van der Waals surface area contributed by atoms with Crippen LogP contribution in [0, 0.1) is 22.7 Å². The summed E-state index contributed by atoms with van der Waals surface area (Å²) in [6.45, 7) is 17.9. The minimum absolute atomic E-state index is 0.0355. The Morgan fingerprint density at radius 1 is 1.00 bits per heavy atom. The van der Waals surface area contributed by atoms with Gasteiger partial charge in [-0.05, 0) is 42.0 Å². The molecule has 8 nitrogen and oxygen atoms in total. The highest BCUT2D eigenvalue weighted by atomic mass is 28.4. The quantitative estimate of drug-likeness (QED) is 0.354. The molecule has 2 radical (unpaired) electrons. The molecular formula is C27H44O8Si2. The lowest BCUT2D eigenvalue weighted by atomic mass is 9.43. The molecule has 2 heterocycles. The molecule has 2 saturated heterocycles. The summed E-state index contributed by atoms with van der Waals surface area (Å²) in [5.41, 5.74) is -3.27. The summed E-state index contributed by atoms with van der Waals surface area (Å²) in [7, 11) is -3.83. The number of aliphatic hydroxyl groups is 3. The molecule has 0 aromatic heterocycles. The monoisotopic (exact) mass is 552 g/mol. The van der Waals surface area contributed by atoms with Crippen molar-refractivity contribution in [2.75, 3.05) is 6.61 Å². The van der Waals surface area contributed by atoms with Gasteiger partial charge in [-0.1, -0.05) is 48.5 Å². The molecule has 2 saturated carbocycles. The van der Waals surface area contributed by atoms with Crippen LogP contribution in [-0.4, -0.2) is 81.9 Å². The number of fused-ring (bicyclic) bond motifs is 6. The van der Waals surface area contributed by atoms with Crippen LogP contribution in [0.15, 0.2) is 11.1 Å². The Kier molecular flexibility index (Phi) is 6.67. The molecule has 3 N–H and O–H groups in total. The van der Waals surface area contributed by atoms with Crippen molar-refractivity contribution >= 4 is 24.4 Å². The average molecular weight is 553 g/mol. The number of Topliss-reactive ketones (excluding diaryl/α,β-unsaturated/α-hetero) is 1. The molecule has 8 unspecified atom stereocenters. The van der Waals surface area contributed by atoms with Crippen LogP contribution in [0.5, 0.6) is 0 Å². The Labute approximate surface area is 224 Å². The van der Waals surface area contributed by atoms with Crippen LogP contribution >= 0.6 is 0 Å². The van der Waals surface area contributed by atoms with Crippen LogP contribution in [0.25, 0.3) is 0 Å². The van der Waals surface area contributed by atoms with E-state index in [-0.39, 0.29) is 29.9 Å². The molecule has 0 spiro atoms. The molecule has 4 bridgehead atoms. The van der Waals surface area contributed by atoms with Gasteiger partial charge < -0.3 is 33.0 Å². The van der Waals surface area contributed by atoms with E-state index in [0.717, 1.165) is 0 Å². The average Bonchev–Trinajstić information content (AvgIpc) is 2.83. The molecule has 9 atom stereocenters. The SMILES string of the molecule is CC1=C2C3O[Si](C(C)C)O[Si](C(C)C)OC4CC5OCC5(O)C(C(C)C(O)(CC1O)C2(C)C)[C@]4(C)C3=O. The minimum atomic E-state index is -1.98. The van der Waals surface area contributed by atoms with E-state index in [1.807, 2.05) is 48.5 Å². The zero-order chi connectivity index (χ0) is 27.5. The van der Waals surface area contributed by atoms with Gasteiger partial charge in [0.05, 0.1) is 35.9 Å². The maximum Gasteiger partial charge on any atom is 0.378 e. The van der Waals surface area contributed by atoms with Crippen LogP contribution in [0.3, 0.4) is 0 Å². The van der Waals surface area contributed by atoms with Gasteiger partial charge >= 0.3 is 18.6 Å². The molecule has 0 amide bonds. The van der Waals surface area contributed by atoms with Crippen molar-refractivity contribution in [1.82, 2.24) is 0 Å². The van der Waals surface area contributed by atoms with E-state index in [0.29, 0.717) is 17.6 Å². The van der Waals surface area contributed by atoms with Gasteiger partial charge in [0, 0.05) is 24.2 Å². The number of carbonyl (C=O) groups is 1. The van der Waals surface area contributed by atoms with E-state index in [2.05, 4.69) is 13.8 Å². The Bertz CT molecular complexity index is 999. The smallest absolute Gasteiger partial charge is 0.378 e. The maximum absolute atomic E-state index is 15.0. The van der Waals surface area contributed by atoms with Gasteiger partial charge in [0.15, 0.2) is 5.78 Å². The van der Waals surface area contributed by atoms with Gasteiger partial charge in [0.25, 0.3) is 0 Å². The van der Waals surface area contributed by atoms with Crippen molar-refractivity contribution in [1.29, 1.82) is 0 Å². The second-order valence-corrected chi connectivity index (χ2v) is 18.3. The number of hydrogen-bond donors (Lipinski definition) is 3. The van der Waals surface area contributed by atoms with Gasteiger partial charge in [-0.15, -0.1) is 0 Å². The molecule has 4 fully saturated rings. The largest absolute Gasteiger partial charge is 0.412 e. The fourth-order valence-electron chi connectivity index (χ4n) is 8.14. The predicted octanol–water partition coefficient (Wildman–Crippen LogP) is 2.80.